The predicted octanol–water partition coefficient (Wildman–Crippen LogP) is 3.64. The van der Waals surface area contributed by atoms with E-state index in [1.165, 1.54) is 0 Å². The molecule has 1 aromatic heterocycles. The van der Waals surface area contributed by atoms with Crippen LogP contribution in [0.15, 0.2) is 22.8 Å². The van der Waals surface area contributed by atoms with E-state index in [2.05, 4.69) is 13.8 Å². The second-order valence-electron chi connectivity index (χ2n) is 7.78. The summed E-state index contributed by atoms with van der Waals surface area (Å²) in [6.45, 7) is 9.65. The van der Waals surface area contributed by atoms with E-state index in [4.69, 9.17) is 9.15 Å². The molecule has 1 saturated heterocycles. The van der Waals surface area contributed by atoms with Gasteiger partial charge in [0.1, 0.15) is 5.58 Å². The summed E-state index contributed by atoms with van der Waals surface area (Å²) in [5.41, 5.74) is 3.86. The Morgan fingerprint density at radius 3 is 2.50 bits per heavy atom. The van der Waals surface area contributed by atoms with Crippen LogP contribution < -0.4 is 0 Å². The number of hydrogen-bond donors (Lipinski definition) is 0. The molecule has 0 aliphatic carbocycles. The summed E-state index contributed by atoms with van der Waals surface area (Å²) >= 11 is 0. The number of likely N-dealkylation sites (tertiary alicyclic amines) is 1. The Labute approximate surface area is 154 Å². The molecule has 5 heteroatoms. The Hall–Kier alpha value is -2.30. The topological polar surface area (TPSA) is 59.8 Å². The van der Waals surface area contributed by atoms with E-state index in [0.717, 1.165) is 47.2 Å². The highest BCUT2D eigenvalue weighted by molar-refractivity contribution is 5.87. The number of rotatable bonds is 4. The Kier molecular flexibility index (Phi) is 5.35. The molecule has 0 saturated carbocycles. The maximum atomic E-state index is 12.3. The summed E-state index contributed by atoms with van der Waals surface area (Å²) in [5.74, 6) is 0.461. The first-order valence-electron chi connectivity index (χ1n) is 9.24. The summed E-state index contributed by atoms with van der Waals surface area (Å²) in [6.07, 6.45) is 2.84. The summed E-state index contributed by atoms with van der Waals surface area (Å²) in [4.78, 5) is 26.3. The van der Waals surface area contributed by atoms with E-state index < -0.39 is 5.97 Å². The second-order valence-corrected chi connectivity index (χ2v) is 7.78. The van der Waals surface area contributed by atoms with Crippen LogP contribution in [-0.4, -0.2) is 36.5 Å². The zero-order valence-electron chi connectivity index (χ0n) is 16.0. The van der Waals surface area contributed by atoms with Gasteiger partial charge < -0.3 is 14.1 Å². The van der Waals surface area contributed by atoms with Crippen LogP contribution in [0.4, 0.5) is 0 Å². The van der Waals surface area contributed by atoms with Crippen molar-refractivity contribution in [3.8, 4) is 0 Å². The first kappa shape index (κ1) is 18.5. The fourth-order valence-electron chi connectivity index (χ4n) is 3.78. The molecule has 0 unspecified atom stereocenters. The van der Waals surface area contributed by atoms with Gasteiger partial charge in [0.25, 0.3) is 5.91 Å². The maximum Gasteiger partial charge on any atom is 0.310 e. The molecule has 2 aromatic rings. The van der Waals surface area contributed by atoms with Gasteiger partial charge in [0.15, 0.2) is 6.61 Å². The van der Waals surface area contributed by atoms with E-state index in [-0.39, 0.29) is 18.9 Å². The lowest BCUT2D eigenvalue weighted by Gasteiger charge is -2.34. The quantitative estimate of drug-likeness (QED) is 0.784. The maximum absolute atomic E-state index is 12.3. The number of ether oxygens (including phenoxy) is 1. The lowest BCUT2D eigenvalue weighted by Crippen LogP contribution is -2.44. The normalized spacial score (nSPS) is 20.4. The lowest BCUT2D eigenvalue weighted by atomic mass is 9.92. The molecule has 0 spiro atoms. The molecule has 5 nitrogen and oxygen atoms in total. The van der Waals surface area contributed by atoms with Gasteiger partial charge in [-0.15, -0.1) is 0 Å². The van der Waals surface area contributed by atoms with Crippen molar-refractivity contribution < 1.29 is 18.7 Å². The van der Waals surface area contributed by atoms with Crippen molar-refractivity contribution in [2.24, 2.45) is 11.8 Å². The minimum atomic E-state index is -0.405. The number of furan rings is 1. The molecule has 1 fully saturated rings. The highest BCUT2D eigenvalue weighted by Crippen LogP contribution is 2.25. The van der Waals surface area contributed by atoms with Crippen LogP contribution in [-0.2, 0) is 20.7 Å². The largest absolute Gasteiger partial charge is 0.464 e. The van der Waals surface area contributed by atoms with Gasteiger partial charge >= 0.3 is 5.97 Å². The monoisotopic (exact) mass is 357 g/mol. The summed E-state index contributed by atoms with van der Waals surface area (Å²) in [5, 5.41) is 0.926. The van der Waals surface area contributed by atoms with Gasteiger partial charge in [-0.2, -0.15) is 0 Å². The zero-order valence-corrected chi connectivity index (χ0v) is 16.0. The SMILES string of the molecule is Cc1cc2occ(CC(=O)OCC(=O)N3C[C@H](C)C[C@H](C)C3)c2cc1C. The summed E-state index contributed by atoms with van der Waals surface area (Å²) in [6, 6.07) is 4.00. The number of nitrogens with zero attached hydrogens (tertiary/aromatic N) is 1. The average Bonchev–Trinajstić information content (AvgIpc) is 2.94. The number of esters is 1. The number of benzene rings is 1. The van der Waals surface area contributed by atoms with E-state index in [1.54, 1.807) is 6.26 Å². The van der Waals surface area contributed by atoms with Gasteiger partial charge in [-0.25, -0.2) is 0 Å². The first-order chi connectivity index (χ1) is 12.3. The molecule has 1 aliphatic heterocycles. The fourth-order valence-corrected chi connectivity index (χ4v) is 3.78. The molecular formula is C21H27NO4. The molecule has 2 atom stereocenters. The van der Waals surface area contributed by atoms with Gasteiger partial charge in [-0.1, -0.05) is 13.8 Å². The van der Waals surface area contributed by atoms with Crippen LogP contribution in [0.5, 0.6) is 0 Å². The lowest BCUT2D eigenvalue weighted by molar-refractivity contribution is -0.152. The molecule has 1 aliphatic rings. The fraction of sp³-hybridized carbons (Fsp3) is 0.524. The third-order valence-electron chi connectivity index (χ3n) is 5.18. The Balaban J connectivity index is 1.58. The number of amides is 1. The van der Waals surface area contributed by atoms with Crippen LogP contribution in [0.1, 0.15) is 37.0 Å². The summed E-state index contributed by atoms with van der Waals surface area (Å²) < 4.78 is 10.8. The van der Waals surface area contributed by atoms with E-state index in [1.807, 2.05) is 30.9 Å². The van der Waals surface area contributed by atoms with Crippen molar-refractivity contribution >= 4 is 22.8 Å². The number of fused-ring (bicyclic) bond motifs is 1. The number of piperidine rings is 1. The number of carbonyl (C=O) groups is 2. The van der Waals surface area contributed by atoms with Gasteiger partial charge in [0, 0.05) is 24.0 Å². The van der Waals surface area contributed by atoms with Crippen molar-refractivity contribution in [2.45, 2.75) is 40.5 Å². The third kappa shape index (κ3) is 4.09. The Morgan fingerprint density at radius 2 is 1.81 bits per heavy atom. The zero-order chi connectivity index (χ0) is 18.8. The van der Waals surface area contributed by atoms with Crippen molar-refractivity contribution in [1.29, 1.82) is 0 Å². The predicted molar refractivity (Wildman–Crippen MR) is 99.9 cm³/mol. The molecule has 0 N–H and O–H groups in total. The Bertz CT molecular complexity index is 813. The standard InChI is InChI=1S/C21H27NO4/c1-13-5-14(2)10-22(9-13)20(23)12-26-21(24)8-17-11-25-19-7-16(4)15(3)6-18(17)19/h6-7,11,13-14H,5,8-10,12H2,1-4H3/t13-,14+. The van der Waals surface area contributed by atoms with Crippen LogP contribution in [0.25, 0.3) is 11.0 Å². The summed E-state index contributed by atoms with van der Waals surface area (Å²) in [7, 11) is 0. The van der Waals surface area contributed by atoms with E-state index in [9.17, 15) is 9.59 Å². The molecule has 26 heavy (non-hydrogen) atoms. The van der Waals surface area contributed by atoms with Crippen LogP contribution >= 0.6 is 0 Å². The number of aryl methyl sites for hydroxylation is 2. The minimum absolute atomic E-state index is 0.107. The van der Waals surface area contributed by atoms with Crippen molar-refractivity contribution in [2.75, 3.05) is 19.7 Å². The van der Waals surface area contributed by atoms with Crippen molar-refractivity contribution in [3.05, 3.63) is 35.1 Å². The van der Waals surface area contributed by atoms with Gasteiger partial charge in [-0.3, -0.25) is 9.59 Å². The molecule has 0 radical (unpaired) electrons. The molecule has 1 amide bonds. The number of hydrogen-bond acceptors (Lipinski definition) is 4. The van der Waals surface area contributed by atoms with E-state index in [0.29, 0.717) is 11.8 Å². The van der Waals surface area contributed by atoms with Gasteiger partial charge in [-0.05, 0) is 55.4 Å². The van der Waals surface area contributed by atoms with Crippen LogP contribution in [0, 0.1) is 25.7 Å². The molecule has 1 aromatic carbocycles. The van der Waals surface area contributed by atoms with Gasteiger partial charge in [0.05, 0.1) is 12.7 Å². The van der Waals surface area contributed by atoms with Gasteiger partial charge in [0.2, 0.25) is 0 Å². The second kappa shape index (κ2) is 7.52. The Morgan fingerprint density at radius 1 is 1.15 bits per heavy atom. The highest BCUT2D eigenvalue weighted by atomic mass is 16.5. The molecule has 0 bridgehead atoms. The molecular weight excluding hydrogens is 330 g/mol. The smallest absolute Gasteiger partial charge is 0.310 e. The number of carbonyl (C=O) groups excluding carboxylic acids is 2. The highest BCUT2D eigenvalue weighted by Gasteiger charge is 2.26. The minimum Gasteiger partial charge on any atom is -0.464 e. The first-order valence-corrected chi connectivity index (χ1v) is 9.24. The van der Waals surface area contributed by atoms with Crippen molar-refractivity contribution in [1.82, 2.24) is 4.90 Å². The van der Waals surface area contributed by atoms with Crippen LogP contribution in [0.3, 0.4) is 0 Å². The van der Waals surface area contributed by atoms with E-state index >= 15 is 0 Å². The molecule has 3 rings (SSSR count). The molecule has 140 valence electrons. The van der Waals surface area contributed by atoms with Crippen LogP contribution in [0.2, 0.25) is 0 Å². The average molecular weight is 357 g/mol. The molecule has 2 heterocycles. The van der Waals surface area contributed by atoms with Crippen molar-refractivity contribution in [3.63, 3.8) is 0 Å². The third-order valence-corrected chi connectivity index (χ3v) is 5.18.